The van der Waals surface area contributed by atoms with Crippen LogP contribution in [0.2, 0.25) is 0 Å². The van der Waals surface area contributed by atoms with Gasteiger partial charge in [-0.3, -0.25) is 9.48 Å². The van der Waals surface area contributed by atoms with Crippen LogP contribution in [0, 0.1) is 0 Å². The smallest absolute Gasteiger partial charge is 0.248 e. The number of ether oxygens (including phenoxy) is 2. The summed E-state index contributed by atoms with van der Waals surface area (Å²) in [4.78, 5) is 12.8. The van der Waals surface area contributed by atoms with E-state index in [0.29, 0.717) is 19.8 Å². The molecule has 1 atom stereocenters. The monoisotopic (exact) mass is 310 g/mol. The Bertz CT molecular complexity index is 444. The van der Waals surface area contributed by atoms with Crippen LogP contribution in [0.25, 0.3) is 0 Å². The summed E-state index contributed by atoms with van der Waals surface area (Å²) in [5.74, 6) is 0.0144. The molecule has 1 aliphatic rings. The van der Waals surface area contributed by atoms with Crippen molar-refractivity contribution < 1.29 is 14.3 Å². The summed E-state index contributed by atoms with van der Waals surface area (Å²) in [5, 5.41) is 10.7. The van der Waals surface area contributed by atoms with E-state index < -0.39 is 5.54 Å². The van der Waals surface area contributed by atoms with E-state index in [-0.39, 0.29) is 11.9 Å². The molecule has 1 aromatic rings. The molecule has 0 aromatic carbocycles. The van der Waals surface area contributed by atoms with Crippen LogP contribution in [0.4, 0.5) is 0 Å². The second-order valence-corrected chi connectivity index (χ2v) is 5.67. The van der Waals surface area contributed by atoms with Crippen molar-refractivity contribution in [3.63, 3.8) is 0 Å². The molecule has 2 N–H and O–H groups in total. The van der Waals surface area contributed by atoms with Crippen LogP contribution in [-0.2, 0) is 19.8 Å². The third-order valence-corrected chi connectivity index (χ3v) is 3.97. The number of hydrogen-bond acceptors (Lipinski definition) is 5. The van der Waals surface area contributed by atoms with Crippen LogP contribution in [0.3, 0.4) is 0 Å². The molecule has 1 aromatic heterocycles. The summed E-state index contributed by atoms with van der Waals surface area (Å²) in [6.07, 6.45) is 5.05. The van der Waals surface area contributed by atoms with Crippen molar-refractivity contribution in [1.29, 1.82) is 0 Å². The van der Waals surface area contributed by atoms with Crippen molar-refractivity contribution in [3.8, 4) is 0 Å². The Kier molecular flexibility index (Phi) is 6.35. The molecule has 1 unspecified atom stereocenters. The number of carbonyl (C=O) groups is 1. The fourth-order valence-electron chi connectivity index (χ4n) is 2.72. The molecule has 1 aliphatic heterocycles. The number of carbonyl (C=O) groups excluding carboxylic acids is 1. The van der Waals surface area contributed by atoms with Gasteiger partial charge in [-0.05, 0) is 38.9 Å². The van der Waals surface area contributed by atoms with Crippen molar-refractivity contribution in [2.24, 2.45) is 0 Å². The zero-order valence-corrected chi connectivity index (χ0v) is 13.4. The van der Waals surface area contributed by atoms with Gasteiger partial charge in [-0.25, -0.2) is 0 Å². The number of piperidine rings is 1. The first-order chi connectivity index (χ1) is 10.7. The second kappa shape index (κ2) is 8.26. The third kappa shape index (κ3) is 4.06. The Morgan fingerprint density at radius 2 is 2.23 bits per heavy atom. The van der Waals surface area contributed by atoms with Gasteiger partial charge in [0.1, 0.15) is 5.54 Å². The molecule has 2 heterocycles. The van der Waals surface area contributed by atoms with Crippen LogP contribution in [0.5, 0.6) is 0 Å². The maximum Gasteiger partial charge on any atom is 0.248 e. The fraction of sp³-hybridized carbons (Fsp3) is 0.733. The van der Waals surface area contributed by atoms with Crippen LogP contribution in [-0.4, -0.2) is 61.7 Å². The van der Waals surface area contributed by atoms with Gasteiger partial charge in [-0.15, -0.1) is 0 Å². The Labute approximate surface area is 131 Å². The van der Waals surface area contributed by atoms with E-state index in [1.54, 1.807) is 18.0 Å². The van der Waals surface area contributed by atoms with E-state index in [9.17, 15) is 4.79 Å². The van der Waals surface area contributed by atoms with E-state index in [4.69, 9.17) is 9.47 Å². The first-order valence-electron chi connectivity index (χ1n) is 7.77. The molecular weight excluding hydrogens is 284 g/mol. The topological polar surface area (TPSA) is 77.4 Å². The quantitative estimate of drug-likeness (QED) is 0.667. The van der Waals surface area contributed by atoms with Gasteiger partial charge in [0, 0.05) is 25.5 Å². The highest BCUT2D eigenvalue weighted by molar-refractivity contribution is 5.84. The molecule has 7 nitrogen and oxygen atoms in total. The van der Waals surface area contributed by atoms with E-state index in [0.717, 1.165) is 25.9 Å². The zero-order valence-electron chi connectivity index (χ0n) is 13.4. The summed E-state index contributed by atoms with van der Waals surface area (Å²) < 4.78 is 12.2. The average Bonchev–Trinajstić information content (AvgIpc) is 3.07. The third-order valence-electron chi connectivity index (χ3n) is 3.97. The predicted octanol–water partition coefficient (Wildman–Crippen LogP) is 0.130. The molecule has 0 aliphatic carbocycles. The SMILES string of the molecule is COCCOCC(C)NC(=O)C1(n2cccn2)CCNCC1. The van der Waals surface area contributed by atoms with Crippen molar-refractivity contribution in [2.75, 3.05) is 40.0 Å². The van der Waals surface area contributed by atoms with Crippen molar-refractivity contribution in [1.82, 2.24) is 20.4 Å². The van der Waals surface area contributed by atoms with Gasteiger partial charge < -0.3 is 20.1 Å². The molecule has 0 bridgehead atoms. The van der Waals surface area contributed by atoms with E-state index in [1.807, 2.05) is 19.2 Å². The Morgan fingerprint density at radius 1 is 1.45 bits per heavy atom. The predicted molar refractivity (Wildman–Crippen MR) is 82.6 cm³/mol. The highest BCUT2D eigenvalue weighted by Gasteiger charge is 2.42. The van der Waals surface area contributed by atoms with Gasteiger partial charge in [-0.2, -0.15) is 5.10 Å². The lowest BCUT2D eigenvalue weighted by molar-refractivity contribution is -0.133. The van der Waals surface area contributed by atoms with Gasteiger partial charge in [0.05, 0.1) is 19.8 Å². The molecule has 1 amide bonds. The Balaban J connectivity index is 1.95. The number of amides is 1. The number of nitrogens with one attached hydrogen (secondary N) is 2. The standard InChI is InChI=1S/C15H26N4O3/c1-13(12-22-11-10-21-2)18-14(20)15(4-7-16-8-5-15)19-9-3-6-17-19/h3,6,9,13,16H,4-5,7-8,10-12H2,1-2H3,(H,18,20). The van der Waals surface area contributed by atoms with Gasteiger partial charge in [0.25, 0.3) is 0 Å². The summed E-state index contributed by atoms with van der Waals surface area (Å²) in [6.45, 7) is 5.14. The normalized spacial score (nSPS) is 18.8. The van der Waals surface area contributed by atoms with Gasteiger partial charge >= 0.3 is 0 Å². The first kappa shape index (κ1) is 16.9. The minimum absolute atomic E-state index is 0.0144. The molecular formula is C15H26N4O3. The van der Waals surface area contributed by atoms with E-state index in [2.05, 4.69) is 15.7 Å². The lowest BCUT2D eigenvalue weighted by Crippen LogP contribution is -2.56. The van der Waals surface area contributed by atoms with Crippen LogP contribution < -0.4 is 10.6 Å². The lowest BCUT2D eigenvalue weighted by Gasteiger charge is -2.37. The second-order valence-electron chi connectivity index (χ2n) is 5.67. The molecule has 124 valence electrons. The largest absolute Gasteiger partial charge is 0.382 e. The molecule has 2 rings (SSSR count). The number of methoxy groups -OCH3 is 1. The van der Waals surface area contributed by atoms with E-state index >= 15 is 0 Å². The Morgan fingerprint density at radius 3 is 2.86 bits per heavy atom. The molecule has 0 spiro atoms. The highest BCUT2D eigenvalue weighted by atomic mass is 16.5. The maximum atomic E-state index is 12.8. The van der Waals surface area contributed by atoms with Gasteiger partial charge in [0.15, 0.2) is 0 Å². The van der Waals surface area contributed by atoms with Crippen molar-refractivity contribution >= 4 is 5.91 Å². The molecule has 0 radical (unpaired) electrons. The number of rotatable bonds is 8. The lowest BCUT2D eigenvalue weighted by atomic mass is 9.87. The number of nitrogens with zero attached hydrogens (tertiary/aromatic N) is 2. The minimum Gasteiger partial charge on any atom is -0.382 e. The summed E-state index contributed by atoms with van der Waals surface area (Å²) in [5.41, 5.74) is -0.602. The Hall–Kier alpha value is -1.44. The van der Waals surface area contributed by atoms with Crippen LogP contribution >= 0.6 is 0 Å². The zero-order chi connectivity index (χ0) is 15.8. The summed E-state index contributed by atoms with van der Waals surface area (Å²) >= 11 is 0. The number of aromatic nitrogens is 2. The maximum absolute atomic E-state index is 12.8. The molecule has 7 heteroatoms. The van der Waals surface area contributed by atoms with Crippen LogP contribution in [0.1, 0.15) is 19.8 Å². The molecule has 1 fully saturated rings. The van der Waals surface area contributed by atoms with Crippen LogP contribution in [0.15, 0.2) is 18.5 Å². The minimum atomic E-state index is -0.602. The van der Waals surface area contributed by atoms with Gasteiger partial charge in [0.2, 0.25) is 5.91 Å². The molecule has 1 saturated heterocycles. The van der Waals surface area contributed by atoms with E-state index in [1.165, 1.54) is 0 Å². The summed E-state index contributed by atoms with van der Waals surface area (Å²) in [6, 6.07) is 1.81. The molecule has 0 saturated carbocycles. The first-order valence-corrected chi connectivity index (χ1v) is 7.77. The van der Waals surface area contributed by atoms with Crippen molar-refractivity contribution in [2.45, 2.75) is 31.3 Å². The van der Waals surface area contributed by atoms with Gasteiger partial charge in [-0.1, -0.05) is 0 Å². The fourth-order valence-corrected chi connectivity index (χ4v) is 2.72. The average molecular weight is 310 g/mol. The van der Waals surface area contributed by atoms with Crippen molar-refractivity contribution in [3.05, 3.63) is 18.5 Å². The molecule has 22 heavy (non-hydrogen) atoms. The highest BCUT2D eigenvalue weighted by Crippen LogP contribution is 2.27. The summed E-state index contributed by atoms with van der Waals surface area (Å²) in [7, 11) is 1.64. The number of hydrogen-bond donors (Lipinski definition) is 2.